The van der Waals surface area contributed by atoms with E-state index in [0.29, 0.717) is 12.4 Å². The molecule has 0 unspecified atom stereocenters. The molecule has 0 aromatic heterocycles. The average Bonchev–Trinajstić information content (AvgIpc) is 2.54. The molecule has 0 saturated heterocycles. The molecule has 4 nitrogen and oxygen atoms in total. The summed E-state index contributed by atoms with van der Waals surface area (Å²) < 4.78 is 16.9. The van der Waals surface area contributed by atoms with E-state index in [1.165, 1.54) is 0 Å². The highest BCUT2D eigenvalue weighted by Gasteiger charge is 2.07. The zero-order chi connectivity index (χ0) is 15.9. The van der Waals surface area contributed by atoms with Gasteiger partial charge in [-0.25, -0.2) is 0 Å². The number of nitrogens with zero attached hydrogens (tertiary/aromatic N) is 1. The van der Waals surface area contributed by atoms with E-state index < -0.39 is 0 Å². The molecule has 22 heavy (non-hydrogen) atoms. The predicted molar refractivity (Wildman–Crippen MR) is 92.1 cm³/mol. The summed E-state index contributed by atoms with van der Waals surface area (Å²) in [5.74, 6) is 2.26. The first kappa shape index (κ1) is 16.4. The van der Waals surface area contributed by atoms with Crippen molar-refractivity contribution in [1.82, 2.24) is 0 Å². The molecule has 2 aromatic carbocycles. The third-order valence-electron chi connectivity index (χ3n) is 3.00. The largest absolute Gasteiger partial charge is 0.496 e. The number of hydrogen-bond acceptors (Lipinski definition) is 4. The van der Waals surface area contributed by atoms with Crippen molar-refractivity contribution in [2.75, 3.05) is 20.8 Å². The molecule has 2 rings (SSSR count). The Bertz CT molecular complexity index is 654. The number of methoxy groups -OCH3 is 2. The predicted octanol–water partition coefficient (Wildman–Crippen LogP) is 4.62. The summed E-state index contributed by atoms with van der Waals surface area (Å²) in [4.78, 5) is 4.46. The lowest BCUT2D eigenvalue weighted by atomic mass is 10.2. The van der Waals surface area contributed by atoms with Crippen molar-refractivity contribution in [3.8, 4) is 17.2 Å². The molecule has 0 N–H and O–H groups in total. The van der Waals surface area contributed by atoms with Gasteiger partial charge in [-0.1, -0.05) is 0 Å². The normalized spacial score (nSPS) is 10.7. The molecule has 0 aliphatic rings. The molecule has 0 atom stereocenters. The van der Waals surface area contributed by atoms with E-state index in [2.05, 4.69) is 20.9 Å². The van der Waals surface area contributed by atoms with E-state index in [-0.39, 0.29) is 0 Å². The number of rotatable bonds is 6. The summed E-state index contributed by atoms with van der Waals surface area (Å²) in [6.07, 6.45) is 1.76. The van der Waals surface area contributed by atoms with E-state index >= 15 is 0 Å². The zero-order valence-electron chi connectivity index (χ0n) is 12.8. The molecule has 5 heteroatoms. The van der Waals surface area contributed by atoms with E-state index in [1.54, 1.807) is 20.4 Å². The Labute approximate surface area is 138 Å². The third-order valence-corrected chi connectivity index (χ3v) is 3.62. The highest BCUT2D eigenvalue weighted by Crippen LogP contribution is 2.32. The molecular formula is C17H18BrNO3. The topological polar surface area (TPSA) is 40.0 Å². The van der Waals surface area contributed by atoms with Crippen LogP contribution in [0.15, 0.2) is 45.9 Å². The fraction of sp³-hybridized carbons (Fsp3) is 0.235. The first-order valence-electron chi connectivity index (χ1n) is 6.86. The molecule has 0 spiro atoms. The molecule has 2 aromatic rings. The summed E-state index contributed by atoms with van der Waals surface area (Å²) in [5, 5.41) is 0. The highest BCUT2D eigenvalue weighted by molar-refractivity contribution is 9.10. The van der Waals surface area contributed by atoms with Crippen molar-refractivity contribution < 1.29 is 14.2 Å². The van der Waals surface area contributed by atoms with Crippen LogP contribution >= 0.6 is 15.9 Å². The Morgan fingerprint density at radius 1 is 1.05 bits per heavy atom. The molecule has 0 saturated carbocycles. The van der Waals surface area contributed by atoms with Gasteiger partial charge in [0, 0.05) is 17.8 Å². The van der Waals surface area contributed by atoms with E-state index in [1.807, 2.05) is 43.3 Å². The Kier molecular flexibility index (Phi) is 5.83. The third kappa shape index (κ3) is 4.01. The highest BCUT2D eigenvalue weighted by atomic mass is 79.9. The molecule has 0 aliphatic heterocycles. The molecule has 0 amide bonds. The lowest BCUT2D eigenvalue weighted by Crippen LogP contribution is -1.94. The lowest BCUT2D eigenvalue weighted by Gasteiger charge is -2.09. The van der Waals surface area contributed by atoms with Crippen LogP contribution in [0.3, 0.4) is 0 Å². The number of aliphatic imine (C=N–C) groups is 1. The van der Waals surface area contributed by atoms with Crippen LogP contribution in [0.25, 0.3) is 0 Å². The second kappa shape index (κ2) is 7.84. The molecule has 0 fully saturated rings. The Hall–Kier alpha value is -2.01. The summed E-state index contributed by atoms with van der Waals surface area (Å²) in [6, 6.07) is 11.4. The minimum absolute atomic E-state index is 0.652. The van der Waals surface area contributed by atoms with Gasteiger partial charge in [-0.2, -0.15) is 0 Å². The maximum absolute atomic E-state index is 5.41. The Balaban J connectivity index is 2.23. The molecule has 0 aliphatic carbocycles. The molecule has 116 valence electrons. The van der Waals surface area contributed by atoms with Gasteiger partial charge in [0.1, 0.15) is 17.2 Å². The van der Waals surface area contributed by atoms with Gasteiger partial charge in [-0.15, -0.1) is 0 Å². The van der Waals surface area contributed by atoms with Crippen LogP contribution in [0.5, 0.6) is 17.2 Å². The van der Waals surface area contributed by atoms with Crippen LogP contribution in [0.1, 0.15) is 12.5 Å². The second-order valence-electron chi connectivity index (χ2n) is 4.41. The first-order valence-corrected chi connectivity index (χ1v) is 7.65. The van der Waals surface area contributed by atoms with E-state index in [9.17, 15) is 0 Å². The number of ether oxygens (including phenoxy) is 3. The Morgan fingerprint density at radius 2 is 1.73 bits per heavy atom. The van der Waals surface area contributed by atoms with Crippen LogP contribution in [-0.4, -0.2) is 27.0 Å². The van der Waals surface area contributed by atoms with Crippen molar-refractivity contribution in [1.29, 1.82) is 0 Å². The molecule has 0 heterocycles. The summed E-state index contributed by atoms with van der Waals surface area (Å²) in [5.41, 5.74) is 1.71. The van der Waals surface area contributed by atoms with E-state index in [0.717, 1.165) is 27.2 Å². The van der Waals surface area contributed by atoms with Crippen molar-refractivity contribution in [3.05, 3.63) is 46.4 Å². The van der Waals surface area contributed by atoms with Crippen molar-refractivity contribution >= 4 is 27.8 Å². The standard InChI is InChI=1S/C17H18BrNO3/c1-4-22-14-7-5-13(6-8-14)19-11-12-9-15(18)17(21-3)10-16(12)20-2/h5-11H,4H2,1-3H3. The van der Waals surface area contributed by atoms with Gasteiger partial charge in [-0.05, 0) is 53.2 Å². The molecule has 0 radical (unpaired) electrons. The summed E-state index contributed by atoms with van der Waals surface area (Å²) in [6.45, 7) is 2.61. The van der Waals surface area contributed by atoms with Gasteiger partial charge >= 0.3 is 0 Å². The molecular weight excluding hydrogens is 346 g/mol. The van der Waals surface area contributed by atoms with Gasteiger partial charge in [0.25, 0.3) is 0 Å². The van der Waals surface area contributed by atoms with Crippen LogP contribution in [0, 0.1) is 0 Å². The summed E-state index contributed by atoms with van der Waals surface area (Å²) >= 11 is 3.46. The number of halogens is 1. The smallest absolute Gasteiger partial charge is 0.136 e. The Morgan fingerprint density at radius 3 is 2.32 bits per heavy atom. The van der Waals surface area contributed by atoms with Crippen molar-refractivity contribution in [3.63, 3.8) is 0 Å². The van der Waals surface area contributed by atoms with Gasteiger partial charge in [-0.3, -0.25) is 4.99 Å². The number of hydrogen-bond donors (Lipinski definition) is 0. The van der Waals surface area contributed by atoms with Crippen LogP contribution in [0.2, 0.25) is 0 Å². The number of benzene rings is 2. The van der Waals surface area contributed by atoms with Crippen LogP contribution in [-0.2, 0) is 0 Å². The van der Waals surface area contributed by atoms with E-state index in [4.69, 9.17) is 14.2 Å². The minimum atomic E-state index is 0.652. The second-order valence-corrected chi connectivity index (χ2v) is 5.27. The summed E-state index contributed by atoms with van der Waals surface area (Å²) in [7, 11) is 3.24. The van der Waals surface area contributed by atoms with Crippen LogP contribution < -0.4 is 14.2 Å². The monoisotopic (exact) mass is 363 g/mol. The average molecular weight is 364 g/mol. The first-order chi connectivity index (χ1) is 10.7. The fourth-order valence-electron chi connectivity index (χ4n) is 1.92. The van der Waals surface area contributed by atoms with Crippen molar-refractivity contribution in [2.24, 2.45) is 4.99 Å². The lowest BCUT2D eigenvalue weighted by molar-refractivity contribution is 0.340. The maximum atomic E-state index is 5.41. The zero-order valence-corrected chi connectivity index (χ0v) is 14.4. The van der Waals surface area contributed by atoms with Gasteiger partial charge in [0.2, 0.25) is 0 Å². The fourth-order valence-corrected chi connectivity index (χ4v) is 2.45. The van der Waals surface area contributed by atoms with Gasteiger partial charge in [0.15, 0.2) is 0 Å². The minimum Gasteiger partial charge on any atom is -0.496 e. The van der Waals surface area contributed by atoms with Gasteiger partial charge in [0.05, 0.1) is 31.0 Å². The van der Waals surface area contributed by atoms with Crippen LogP contribution in [0.4, 0.5) is 5.69 Å². The SMILES string of the molecule is CCOc1ccc(N=Cc2cc(Br)c(OC)cc2OC)cc1. The van der Waals surface area contributed by atoms with Crippen molar-refractivity contribution in [2.45, 2.75) is 6.92 Å². The maximum Gasteiger partial charge on any atom is 0.136 e. The molecule has 0 bridgehead atoms. The van der Waals surface area contributed by atoms with Gasteiger partial charge < -0.3 is 14.2 Å². The quantitative estimate of drug-likeness (QED) is 0.703.